The van der Waals surface area contributed by atoms with Crippen molar-refractivity contribution in [2.45, 2.75) is 32.1 Å². The van der Waals surface area contributed by atoms with E-state index >= 15 is 8.78 Å². The molecule has 1 unspecified atom stereocenters. The Hall–Kier alpha value is -4.61. The molecule has 0 spiro atoms. The number of hydrogen-bond acceptors (Lipinski definition) is 6. The fourth-order valence-corrected chi connectivity index (χ4v) is 4.86. The van der Waals surface area contributed by atoms with Crippen LogP contribution < -0.4 is 9.47 Å². The summed E-state index contributed by atoms with van der Waals surface area (Å²) in [6.07, 6.45) is 2.10. The van der Waals surface area contributed by atoms with Crippen LogP contribution in [0, 0.1) is 17.5 Å². The van der Waals surface area contributed by atoms with Gasteiger partial charge in [0.2, 0.25) is 0 Å². The van der Waals surface area contributed by atoms with Gasteiger partial charge in [0.05, 0.1) is 34.9 Å². The van der Waals surface area contributed by atoms with Crippen LogP contribution in [0.15, 0.2) is 66.9 Å². The number of hydrogen-bond donors (Lipinski definition) is 1. The minimum atomic E-state index is -1.08. The van der Waals surface area contributed by atoms with Crippen LogP contribution in [0.5, 0.6) is 17.2 Å². The van der Waals surface area contributed by atoms with Gasteiger partial charge in [-0.3, -0.25) is 4.98 Å². The summed E-state index contributed by atoms with van der Waals surface area (Å²) < 4.78 is 62.9. The van der Waals surface area contributed by atoms with Crippen molar-refractivity contribution in [3.8, 4) is 17.2 Å². The Morgan fingerprint density at radius 1 is 1.02 bits per heavy atom. The van der Waals surface area contributed by atoms with Crippen LogP contribution >= 0.6 is 11.6 Å². The largest absolute Gasteiger partial charge is 0.484 e. The summed E-state index contributed by atoms with van der Waals surface area (Å²) in [7, 11) is 0. The molecule has 0 radical (unpaired) electrons. The van der Waals surface area contributed by atoms with Gasteiger partial charge in [0, 0.05) is 36.4 Å². The van der Waals surface area contributed by atoms with Gasteiger partial charge in [-0.1, -0.05) is 11.6 Å². The van der Waals surface area contributed by atoms with Gasteiger partial charge in [-0.15, -0.1) is 0 Å². The maximum atomic E-state index is 15.3. The number of imidazole rings is 1. The van der Waals surface area contributed by atoms with Crippen molar-refractivity contribution in [1.29, 1.82) is 0 Å². The van der Waals surface area contributed by atoms with Gasteiger partial charge in [-0.25, -0.2) is 22.9 Å². The van der Waals surface area contributed by atoms with Gasteiger partial charge in [0.1, 0.15) is 24.0 Å². The fourth-order valence-electron chi connectivity index (χ4n) is 4.70. The Morgan fingerprint density at radius 3 is 2.58 bits per heavy atom. The molecule has 3 aromatic carbocycles. The molecule has 43 heavy (non-hydrogen) atoms. The number of aromatic carboxylic acids is 1. The van der Waals surface area contributed by atoms with E-state index in [1.165, 1.54) is 42.6 Å². The second kappa shape index (κ2) is 11.9. The third kappa shape index (κ3) is 6.27. The predicted octanol–water partition coefficient (Wildman–Crippen LogP) is 6.95. The highest BCUT2D eigenvalue weighted by molar-refractivity contribution is 6.30. The first-order valence-electron chi connectivity index (χ1n) is 13.3. The summed E-state index contributed by atoms with van der Waals surface area (Å²) in [5.74, 6) is -2.96. The molecular weight excluding hydrogens is 587 g/mol. The van der Waals surface area contributed by atoms with Crippen LogP contribution in [-0.2, 0) is 24.3 Å². The molecule has 1 N–H and O–H groups in total. The molecule has 0 amide bonds. The fraction of sp³-hybridized carbons (Fsp3) is 0.194. The number of carboxylic acids is 1. The zero-order chi connectivity index (χ0) is 30.1. The van der Waals surface area contributed by atoms with Gasteiger partial charge >= 0.3 is 5.97 Å². The number of fused-ring (bicyclic) bond motifs is 1. The third-order valence-corrected chi connectivity index (χ3v) is 7.22. The molecule has 12 heteroatoms. The number of carbonyl (C=O) groups is 1. The van der Waals surface area contributed by atoms with Crippen molar-refractivity contribution in [2.75, 3.05) is 6.61 Å². The van der Waals surface area contributed by atoms with Gasteiger partial charge in [0.25, 0.3) is 0 Å². The molecule has 0 saturated carbocycles. The number of benzene rings is 3. The molecule has 0 bridgehead atoms. The average molecular weight is 610 g/mol. The summed E-state index contributed by atoms with van der Waals surface area (Å²) in [5, 5.41) is 9.67. The Labute approximate surface area is 248 Å². The summed E-state index contributed by atoms with van der Waals surface area (Å²) in [6, 6.07) is 13.5. The normalized spacial score (nSPS) is 14.5. The van der Waals surface area contributed by atoms with Crippen LogP contribution in [0.2, 0.25) is 5.02 Å². The zero-order valence-electron chi connectivity index (χ0n) is 22.4. The molecular formula is C31H23ClF3N3O5. The lowest BCUT2D eigenvalue weighted by atomic mass is 10.1. The standard InChI is InChI=1S/C31H23ClF3N3O5/c32-19-2-4-28(25(35)12-19)42-16-20-13-21(5-7-36-20)43-29-14-23(33)18(9-24(29)34)11-30-37-26-3-1-17(31(39)40)10-27(26)38(30)15-22-6-8-41-22/h1-5,7,9-10,12-14,22H,6,8,11,15-16H2,(H,39,40). The van der Waals surface area contributed by atoms with Crippen LogP contribution in [0.1, 0.15) is 33.9 Å². The van der Waals surface area contributed by atoms with Crippen LogP contribution in [-0.4, -0.2) is 38.3 Å². The number of nitrogens with zero attached hydrogens (tertiary/aromatic N) is 3. The van der Waals surface area contributed by atoms with E-state index in [0.717, 1.165) is 24.6 Å². The number of rotatable bonds is 10. The Morgan fingerprint density at radius 2 is 1.84 bits per heavy atom. The van der Waals surface area contributed by atoms with Crippen LogP contribution in [0.3, 0.4) is 0 Å². The highest BCUT2D eigenvalue weighted by Crippen LogP contribution is 2.30. The van der Waals surface area contributed by atoms with Gasteiger partial charge in [0.15, 0.2) is 23.1 Å². The second-order valence-electron chi connectivity index (χ2n) is 9.93. The zero-order valence-corrected chi connectivity index (χ0v) is 23.2. The topological polar surface area (TPSA) is 95.7 Å². The molecule has 1 aliphatic heterocycles. The number of aromatic nitrogens is 3. The number of carboxylic acid groups (broad SMARTS) is 1. The van der Waals surface area contributed by atoms with Gasteiger partial charge < -0.3 is 23.9 Å². The number of pyridine rings is 1. The first-order chi connectivity index (χ1) is 20.7. The molecule has 1 atom stereocenters. The predicted molar refractivity (Wildman–Crippen MR) is 150 cm³/mol. The van der Waals surface area contributed by atoms with Crippen molar-refractivity contribution in [1.82, 2.24) is 14.5 Å². The second-order valence-corrected chi connectivity index (χ2v) is 10.4. The number of halogens is 4. The monoisotopic (exact) mass is 609 g/mol. The Balaban J connectivity index is 1.21. The first kappa shape index (κ1) is 28.5. The van der Waals surface area contributed by atoms with E-state index in [1.807, 2.05) is 0 Å². The maximum absolute atomic E-state index is 15.3. The lowest BCUT2D eigenvalue weighted by Gasteiger charge is -2.27. The van der Waals surface area contributed by atoms with Crippen molar-refractivity contribution in [3.63, 3.8) is 0 Å². The third-order valence-electron chi connectivity index (χ3n) is 6.99. The SMILES string of the molecule is O=C(O)c1ccc2nc(Cc3cc(F)c(Oc4ccnc(COc5ccc(Cl)cc5F)c4)cc3F)n(CC3CCO3)c2c1. The summed E-state index contributed by atoms with van der Waals surface area (Å²) in [5.41, 5.74) is 1.61. The smallest absolute Gasteiger partial charge is 0.335 e. The summed E-state index contributed by atoms with van der Waals surface area (Å²) in [4.78, 5) is 20.3. The molecule has 2 aromatic heterocycles. The van der Waals surface area contributed by atoms with E-state index in [4.69, 9.17) is 25.8 Å². The molecule has 1 saturated heterocycles. The summed E-state index contributed by atoms with van der Waals surface area (Å²) >= 11 is 5.76. The van der Waals surface area contributed by atoms with E-state index in [1.54, 1.807) is 10.6 Å². The van der Waals surface area contributed by atoms with Crippen molar-refractivity contribution < 1.29 is 37.3 Å². The van der Waals surface area contributed by atoms with Crippen molar-refractivity contribution in [3.05, 3.63) is 112 Å². The Bertz CT molecular complexity index is 1840. The van der Waals surface area contributed by atoms with E-state index in [0.29, 0.717) is 35.7 Å². The highest BCUT2D eigenvalue weighted by atomic mass is 35.5. The quantitative estimate of drug-likeness (QED) is 0.183. The molecule has 0 aliphatic carbocycles. The molecule has 220 valence electrons. The summed E-state index contributed by atoms with van der Waals surface area (Å²) in [6.45, 7) is 0.923. The molecule has 3 heterocycles. The molecule has 6 rings (SSSR count). The lowest BCUT2D eigenvalue weighted by Crippen LogP contribution is -2.31. The first-order valence-corrected chi connectivity index (χ1v) is 13.6. The Kier molecular flexibility index (Phi) is 7.92. The van der Waals surface area contributed by atoms with Crippen LogP contribution in [0.25, 0.3) is 11.0 Å². The molecule has 8 nitrogen and oxygen atoms in total. The molecule has 1 aliphatic rings. The molecule has 1 fully saturated rings. The lowest BCUT2D eigenvalue weighted by molar-refractivity contribution is -0.0589. The van der Waals surface area contributed by atoms with E-state index in [9.17, 15) is 14.3 Å². The molecule has 5 aromatic rings. The van der Waals surface area contributed by atoms with Crippen LogP contribution in [0.4, 0.5) is 13.2 Å². The van der Waals surface area contributed by atoms with Gasteiger partial charge in [-0.05, 0) is 60.5 Å². The van der Waals surface area contributed by atoms with E-state index < -0.39 is 23.4 Å². The number of ether oxygens (including phenoxy) is 3. The van der Waals surface area contributed by atoms with E-state index in [-0.39, 0.29) is 52.5 Å². The van der Waals surface area contributed by atoms with E-state index in [2.05, 4.69) is 9.97 Å². The van der Waals surface area contributed by atoms with Crippen molar-refractivity contribution in [2.24, 2.45) is 0 Å². The van der Waals surface area contributed by atoms with Gasteiger partial charge in [-0.2, -0.15) is 0 Å². The maximum Gasteiger partial charge on any atom is 0.335 e. The minimum Gasteiger partial charge on any atom is -0.484 e. The highest BCUT2D eigenvalue weighted by Gasteiger charge is 2.23. The van der Waals surface area contributed by atoms with Crippen molar-refractivity contribution >= 4 is 28.6 Å². The minimum absolute atomic E-state index is 0.0164. The average Bonchev–Trinajstić information content (AvgIpc) is 3.29.